The number of benzene rings is 2. The van der Waals surface area contributed by atoms with Gasteiger partial charge in [-0.3, -0.25) is 0 Å². The van der Waals surface area contributed by atoms with E-state index in [1.807, 2.05) is 25.1 Å². The second kappa shape index (κ2) is 9.30. The maximum absolute atomic E-state index is 11.9. The molecule has 2 aromatic carbocycles. The zero-order chi connectivity index (χ0) is 17.4. The van der Waals surface area contributed by atoms with E-state index in [2.05, 4.69) is 19.2 Å². The van der Waals surface area contributed by atoms with Gasteiger partial charge in [-0.15, -0.1) is 0 Å². The summed E-state index contributed by atoms with van der Waals surface area (Å²) in [5.74, 6) is 0.223. The van der Waals surface area contributed by atoms with Crippen molar-refractivity contribution >= 4 is 17.6 Å². The molecule has 0 amide bonds. The van der Waals surface area contributed by atoms with Crippen molar-refractivity contribution in [3.63, 3.8) is 0 Å². The summed E-state index contributed by atoms with van der Waals surface area (Å²) in [6, 6.07) is 17.1. The molecule has 0 radical (unpaired) electrons. The zero-order valence-corrected chi connectivity index (χ0v) is 14.8. The summed E-state index contributed by atoms with van der Waals surface area (Å²) in [6.45, 7) is 3.42. The van der Waals surface area contributed by atoms with Crippen LogP contribution in [0.3, 0.4) is 0 Å². The highest BCUT2D eigenvalue weighted by molar-refractivity contribution is 6.30. The van der Waals surface area contributed by atoms with Crippen molar-refractivity contribution < 1.29 is 19.2 Å². The van der Waals surface area contributed by atoms with E-state index in [4.69, 9.17) is 21.1 Å². The normalized spacial score (nSPS) is 13.1. The largest absolute Gasteiger partial charge is 0.482 e. The van der Waals surface area contributed by atoms with E-state index >= 15 is 0 Å². The molecular weight excluding hydrogens is 326 g/mol. The Morgan fingerprint density at radius 3 is 2.46 bits per heavy atom. The molecule has 0 saturated carbocycles. The van der Waals surface area contributed by atoms with E-state index in [0.29, 0.717) is 10.8 Å². The van der Waals surface area contributed by atoms with E-state index < -0.39 is 0 Å². The number of quaternary nitrogens is 1. The van der Waals surface area contributed by atoms with Crippen LogP contribution in [-0.2, 0) is 16.1 Å². The van der Waals surface area contributed by atoms with Crippen LogP contribution in [0.5, 0.6) is 5.75 Å². The van der Waals surface area contributed by atoms with Gasteiger partial charge in [-0.05, 0) is 31.2 Å². The number of esters is 1. The smallest absolute Gasteiger partial charge is 0.344 e. The van der Waals surface area contributed by atoms with E-state index in [-0.39, 0.29) is 18.7 Å². The monoisotopic (exact) mass is 348 g/mol. The van der Waals surface area contributed by atoms with E-state index in [9.17, 15) is 4.79 Å². The van der Waals surface area contributed by atoms with Crippen LogP contribution in [0.15, 0.2) is 54.6 Å². The molecule has 0 heterocycles. The molecule has 4 nitrogen and oxygen atoms in total. The van der Waals surface area contributed by atoms with Gasteiger partial charge in [-0.1, -0.05) is 41.9 Å². The van der Waals surface area contributed by atoms with Crippen molar-refractivity contribution in [2.75, 3.05) is 20.2 Å². The highest BCUT2D eigenvalue weighted by atomic mass is 35.5. The lowest BCUT2D eigenvalue weighted by Crippen LogP contribution is -3.08. The Labute approximate surface area is 147 Å². The van der Waals surface area contributed by atoms with Gasteiger partial charge >= 0.3 is 5.97 Å². The summed E-state index contributed by atoms with van der Waals surface area (Å²) < 4.78 is 10.8. The van der Waals surface area contributed by atoms with Crippen molar-refractivity contribution in [2.24, 2.45) is 0 Å². The van der Waals surface area contributed by atoms with Gasteiger partial charge < -0.3 is 14.4 Å². The van der Waals surface area contributed by atoms with Gasteiger partial charge in [0.15, 0.2) is 6.61 Å². The molecule has 0 aliphatic carbocycles. The number of hydrogen-bond donors (Lipinski definition) is 1. The number of carbonyl (C=O) groups excluding carboxylic acids is 1. The first-order valence-corrected chi connectivity index (χ1v) is 8.34. The summed E-state index contributed by atoms with van der Waals surface area (Å²) in [7, 11) is 2.08. The third-order valence-electron chi connectivity index (χ3n) is 3.49. The van der Waals surface area contributed by atoms with Crippen LogP contribution in [0.4, 0.5) is 0 Å². The SMILES string of the molecule is C[C@H](C[NH+](C)Cc1ccccc1)OC(=O)COc1ccc(Cl)cc1. The van der Waals surface area contributed by atoms with Crippen molar-refractivity contribution in [2.45, 2.75) is 19.6 Å². The number of carbonyl (C=O) groups is 1. The quantitative estimate of drug-likeness (QED) is 0.744. The van der Waals surface area contributed by atoms with Gasteiger partial charge in [-0.2, -0.15) is 0 Å². The zero-order valence-electron chi connectivity index (χ0n) is 14.0. The number of halogens is 1. The van der Waals surface area contributed by atoms with Gasteiger partial charge in [0.25, 0.3) is 0 Å². The van der Waals surface area contributed by atoms with Crippen LogP contribution in [0, 0.1) is 0 Å². The first-order chi connectivity index (χ1) is 11.5. The standard InChI is InChI=1S/C19H22ClNO3/c1-15(12-21(2)13-16-6-4-3-5-7-16)24-19(22)14-23-18-10-8-17(20)9-11-18/h3-11,15H,12-14H2,1-2H3/p+1/t15-/m1/s1. The molecule has 0 saturated heterocycles. The predicted molar refractivity (Wildman–Crippen MR) is 94.4 cm³/mol. The van der Waals surface area contributed by atoms with Crippen molar-refractivity contribution in [3.05, 3.63) is 65.2 Å². The van der Waals surface area contributed by atoms with Crippen molar-refractivity contribution in [3.8, 4) is 5.75 Å². The number of rotatable bonds is 8. The Morgan fingerprint density at radius 2 is 1.79 bits per heavy atom. The fraction of sp³-hybridized carbons (Fsp3) is 0.316. The topological polar surface area (TPSA) is 40.0 Å². The minimum absolute atomic E-state index is 0.107. The molecule has 2 aromatic rings. The predicted octanol–water partition coefficient (Wildman–Crippen LogP) is 2.37. The summed E-state index contributed by atoms with van der Waals surface area (Å²) in [5, 5.41) is 0.628. The molecule has 0 fully saturated rings. The Balaban J connectivity index is 1.70. The van der Waals surface area contributed by atoms with E-state index in [0.717, 1.165) is 13.1 Å². The molecule has 24 heavy (non-hydrogen) atoms. The first-order valence-electron chi connectivity index (χ1n) is 7.96. The molecule has 5 heteroatoms. The maximum atomic E-state index is 11.9. The van der Waals surface area contributed by atoms with Crippen LogP contribution in [-0.4, -0.2) is 32.3 Å². The Kier molecular flexibility index (Phi) is 7.09. The molecule has 1 N–H and O–H groups in total. The Morgan fingerprint density at radius 1 is 1.12 bits per heavy atom. The molecule has 1 unspecified atom stereocenters. The summed E-state index contributed by atoms with van der Waals surface area (Å²) >= 11 is 5.80. The first kappa shape index (κ1) is 18.3. The number of likely N-dealkylation sites (N-methyl/N-ethyl adjacent to an activating group) is 1. The van der Waals surface area contributed by atoms with Crippen LogP contribution >= 0.6 is 11.6 Å². The average Bonchev–Trinajstić information content (AvgIpc) is 2.55. The average molecular weight is 349 g/mol. The molecule has 0 aliphatic rings. The van der Waals surface area contributed by atoms with Gasteiger partial charge in [0.1, 0.15) is 24.9 Å². The fourth-order valence-corrected chi connectivity index (χ4v) is 2.61. The number of hydrogen-bond acceptors (Lipinski definition) is 3. The third-order valence-corrected chi connectivity index (χ3v) is 3.74. The summed E-state index contributed by atoms with van der Waals surface area (Å²) in [6.07, 6.45) is -0.171. The van der Waals surface area contributed by atoms with E-state index in [1.165, 1.54) is 10.5 Å². The lowest BCUT2D eigenvalue weighted by molar-refractivity contribution is -0.896. The Hall–Kier alpha value is -2.04. The highest BCUT2D eigenvalue weighted by Gasteiger charge is 2.15. The number of ether oxygens (including phenoxy) is 2. The molecule has 0 aliphatic heterocycles. The minimum Gasteiger partial charge on any atom is -0.482 e. The fourth-order valence-electron chi connectivity index (χ4n) is 2.48. The van der Waals surface area contributed by atoms with Crippen molar-refractivity contribution in [1.82, 2.24) is 0 Å². The van der Waals surface area contributed by atoms with E-state index in [1.54, 1.807) is 24.3 Å². The second-order valence-electron chi connectivity index (χ2n) is 5.87. The molecule has 0 aromatic heterocycles. The molecular formula is C19H23ClNO3+. The minimum atomic E-state index is -0.370. The summed E-state index contributed by atoms with van der Waals surface area (Å²) in [4.78, 5) is 13.1. The van der Waals surface area contributed by atoms with Crippen LogP contribution in [0.25, 0.3) is 0 Å². The Bertz CT molecular complexity index is 631. The van der Waals surface area contributed by atoms with Gasteiger partial charge in [0.05, 0.1) is 7.05 Å². The van der Waals surface area contributed by atoms with Gasteiger partial charge in [0.2, 0.25) is 0 Å². The third kappa shape index (κ3) is 6.60. The van der Waals surface area contributed by atoms with Crippen molar-refractivity contribution in [1.29, 1.82) is 0 Å². The molecule has 0 spiro atoms. The van der Waals surface area contributed by atoms with Gasteiger partial charge in [0, 0.05) is 10.6 Å². The lowest BCUT2D eigenvalue weighted by Gasteiger charge is -2.19. The molecule has 128 valence electrons. The number of nitrogens with one attached hydrogen (secondary N) is 1. The molecule has 2 rings (SSSR count). The summed E-state index contributed by atoms with van der Waals surface area (Å²) in [5.41, 5.74) is 1.26. The maximum Gasteiger partial charge on any atom is 0.344 e. The molecule has 2 atom stereocenters. The highest BCUT2D eigenvalue weighted by Crippen LogP contribution is 2.15. The van der Waals surface area contributed by atoms with Crippen LogP contribution < -0.4 is 9.64 Å². The van der Waals surface area contributed by atoms with Gasteiger partial charge in [-0.25, -0.2) is 4.79 Å². The molecule has 0 bridgehead atoms. The van der Waals surface area contributed by atoms with Crippen LogP contribution in [0.2, 0.25) is 5.02 Å². The lowest BCUT2D eigenvalue weighted by atomic mass is 10.2. The second-order valence-corrected chi connectivity index (χ2v) is 6.30. The van der Waals surface area contributed by atoms with Crippen LogP contribution in [0.1, 0.15) is 12.5 Å².